The Morgan fingerprint density at radius 2 is 2.44 bits per heavy atom. The van der Waals surface area contributed by atoms with Crippen molar-refractivity contribution in [2.24, 2.45) is 0 Å². The number of nitriles is 1. The molecule has 86 valence electrons. The molecule has 0 radical (unpaired) electrons. The van der Waals surface area contributed by atoms with Gasteiger partial charge in [0.15, 0.2) is 0 Å². The molecule has 0 saturated carbocycles. The first-order valence-electron chi connectivity index (χ1n) is 5.37. The van der Waals surface area contributed by atoms with Gasteiger partial charge >= 0.3 is 0 Å². The normalized spacial score (nSPS) is 11.8. The van der Waals surface area contributed by atoms with Crippen LogP contribution in [-0.2, 0) is 0 Å². The number of ether oxygens (including phenoxy) is 1. The van der Waals surface area contributed by atoms with Crippen molar-refractivity contribution in [2.45, 2.75) is 25.8 Å². The zero-order valence-corrected chi connectivity index (χ0v) is 9.73. The van der Waals surface area contributed by atoms with Crippen LogP contribution >= 0.6 is 0 Å². The van der Waals surface area contributed by atoms with E-state index in [0.717, 1.165) is 24.3 Å². The van der Waals surface area contributed by atoms with Gasteiger partial charge in [-0.25, -0.2) is 0 Å². The number of unbranched alkanes of at least 4 members (excludes halogenated alkanes) is 1. The fourth-order valence-electron chi connectivity index (χ4n) is 1.51. The molecule has 16 heavy (non-hydrogen) atoms. The number of methoxy groups -OCH3 is 1. The molecule has 1 aromatic rings. The minimum Gasteiger partial charge on any atom is -0.495 e. The van der Waals surface area contributed by atoms with E-state index < -0.39 is 0 Å². The zero-order chi connectivity index (χ0) is 11.8. The Morgan fingerprint density at radius 1 is 1.62 bits per heavy atom. The maximum atomic E-state index is 8.42. The van der Waals surface area contributed by atoms with Gasteiger partial charge in [-0.15, -0.1) is 0 Å². The van der Waals surface area contributed by atoms with Crippen LogP contribution in [0.2, 0.25) is 0 Å². The van der Waals surface area contributed by atoms with Crippen LogP contribution in [0.3, 0.4) is 0 Å². The van der Waals surface area contributed by atoms with Crippen molar-refractivity contribution in [3.8, 4) is 11.8 Å². The third-order valence-electron chi connectivity index (χ3n) is 2.42. The van der Waals surface area contributed by atoms with Crippen LogP contribution in [0, 0.1) is 11.3 Å². The van der Waals surface area contributed by atoms with E-state index in [-0.39, 0.29) is 6.04 Å². The van der Waals surface area contributed by atoms with Gasteiger partial charge in [-0.1, -0.05) is 0 Å². The molecule has 0 amide bonds. The first kappa shape index (κ1) is 12.5. The van der Waals surface area contributed by atoms with Crippen LogP contribution in [0.5, 0.6) is 5.75 Å². The second-order valence-corrected chi connectivity index (χ2v) is 3.56. The van der Waals surface area contributed by atoms with Crippen molar-refractivity contribution in [2.75, 3.05) is 13.7 Å². The summed E-state index contributed by atoms with van der Waals surface area (Å²) < 4.78 is 5.24. The number of hydrogen-bond donors (Lipinski definition) is 1. The molecule has 0 spiro atoms. The number of nitrogens with one attached hydrogen (secondary N) is 1. The van der Waals surface area contributed by atoms with Crippen molar-refractivity contribution in [1.29, 1.82) is 5.26 Å². The average Bonchev–Trinajstić information content (AvgIpc) is 2.34. The van der Waals surface area contributed by atoms with Crippen LogP contribution in [-0.4, -0.2) is 18.6 Å². The van der Waals surface area contributed by atoms with Gasteiger partial charge in [0.1, 0.15) is 5.75 Å². The van der Waals surface area contributed by atoms with Gasteiger partial charge in [-0.05, 0) is 26.0 Å². The quantitative estimate of drug-likeness (QED) is 0.744. The first-order chi connectivity index (χ1) is 7.79. The van der Waals surface area contributed by atoms with Gasteiger partial charge < -0.3 is 10.1 Å². The van der Waals surface area contributed by atoms with Crippen molar-refractivity contribution in [1.82, 2.24) is 10.3 Å². The Morgan fingerprint density at radius 3 is 3.12 bits per heavy atom. The lowest BCUT2D eigenvalue weighted by molar-refractivity contribution is 0.399. The predicted octanol–water partition coefficient (Wildman–Crippen LogP) is 2.04. The number of aromatic nitrogens is 1. The summed E-state index contributed by atoms with van der Waals surface area (Å²) >= 11 is 0. The van der Waals surface area contributed by atoms with Gasteiger partial charge in [0, 0.05) is 24.2 Å². The molecule has 0 aliphatic carbocycles. The van der Waals surface area contributed by atoms with Crippen LogP contribution in [0.4, 0.5) is 0 Å². The van der Waals surface area contributed by atoms with Crippen LogP contribution in [0.25, 0.3) is 0 Å². The van der Waals surface area contributed by atoms with Gasteiger partial charge in [-0.2, -0.15) is 5.26 Å². The van der Waals surface area contributed by atoms with E-state index in [1.54, 1.807) is 19.5 Å². The predicted molar refractivity (Wildman–Crippen MR) is 62.1 cm³/mol. The molecule has 1 atom stereocenters. The Bertz CT molecular complexity index is 360. The lowest BCUT2D eigenvalue weighted by Crippen LogP contribution is -2.20. The summed E-state index contributed by atoms with van der Waals surface area (Å²) in [6.45, 7) is 2.91. The Hall–Kier alpha value is -1.60. The smallest absolute Gasteiger partial charge is 0.141 e. The molecule has 0 bridgehead atoms. The van der Waals surface area contributed by atoms with E-state index in [2.05, 4.69) is 23.3 Å². The highest BCUT2D eigenvalue weighted by Gasteiger charge is 2.09. The van der Waals surface area contributed by atoms with Crippen molar-refractivity contribution in [3.05, 3.63) is 24.0 Å². The Balaban J connectivity index is 2.52. The van der Waals surface area contributed by atoms with Gasteiger partial charge in [-0.3, -0.25) is 4.98 Å². The van der Waals surface area contributed by atoms with E-state index in [9.17, 15) is 0 Å². The van der Waals surface area contributed by atoms with E-state index in [0.29, 0.717) is 6.42 Å². The average molecular weight is 219 g/mol. The topological polar surface area (TPSA) is 57.9 Å². The highest BCUT2D eigenvalue weighted by Crippen LogP contribution is 2.22. The third-order valence-corrected chi connectivity index (χ3v) is 2.42. The van der Waals surface area contributed by atoms with Crippen LogP contribution < -0.4 is 10.1 Å². The minimum absolute atomic E-state index is 0.205. The molecule has 4 nitrogen and oxygen atoms in total. The maximum Gasteiger partial charge on any atom is 0.141 e. The molecule has 0 unspecified atom stereocenters. The van der Waals surface area contributed by atoms with Gasteiger partial charge in [0.2, 0.25) is 0 Å². The lowest BCUT2D eigenvalue weighted by atomic mass is 10.1. The summed E-state index contributed by atoms with van der Waals surface area (Å²) in [4.78, 5) is 4.01. The molecule has 1 heterocycles. The molecule has 1 N–H and O–H groups in total. The Labute approximate surface area is 96.3 Å². The molecular formula is C12H17N3O. The molecule has 0 fully saturated rings. The third kappa shape index (κ3) is 3.52. The van der Waals surface area contributed by atoms with Crippen molar-refractivity contribution in [3.63, 3.8) is 0 Å². The van der Waals surface area contributed by atoms with E-state index in [4.69, 9.17) is 10.00 Å². The van der Waals surface area contributed by atoms with Crippen molar-refractivity contribution >= 4 is 0 Å². The monoisotopic (exact) mass is 219 g/mol. The Kier molecular flexibility index (Phi) is 5.30. The van der Waals surface area contributed by atoms with E-state index in [1.807, 2.05) is 6.07 Å². The molecule has 1 aromatic heterocycles. The summed E-state index contributed by atoms with van der Waals surface area (Å²) in [6, 6.07) is 4.28. The van der Waals surface area contributed by atoms with E-state index in [1.165, 1.54) is 0 Å². The summed E-state index contributed by atoms with van der Waals surface area (Å²) in [5.74, 6) is 0.794. The molecule has 1 rings (SSSR count). The fourth-order valence-corrected chi connectivity index (χ4v) is 1.51. The summed E-state index contributed by atoms with van der Waals surface area (Å²) in [6.07, 6.45) is 4.93. The van der Waals surface area contributed by atoms with Crippen LogP contribution in [0.15, 0.2) is 18.5 Å². The molecule has 0 aromatic carbocycles. The molecule has 0 aliphatic heterocycles. The van der Waals surface area contributed by atoms with Crippen molar-refractivity contribution < 1.29 is 4.74 Å². The molecule has 0 saturated heterocycles. The summed E-state index contributed by atoms with van der Waals surface area (Å²) in [7, 11) is 1.64. The second-order valence-electron chi connectivity index (χ2n) is 3.56. The fraction of sp³-hybridized carbons (Fsp3) is 0.500. The molecule has 0 aliphatic rings. The molecule has 4 heteroatoms. The second kappa shape index (κ2) is 6.81. The maximum absolute atomic E-state index is 8.42. The zero-order valence-electron chi connectivity index (χ0n) is 9.73. The number of nitrogens with zero attached hydrogens (tertiary/aromatic N) is 2. The highest BCUT2D eigenvalue weighted by molar-refractivity contribution is 5.32. The standard InChI is InChI=1S/C12H17N3O/c1-10(15-7-4-3-6-13)11-5-8-14-9-12(11)16-2/h5,8-10,15H,3-4,7H2,1-2H3/t10-/m0/s1. The minimum atomic E-state index is 0.205. The summed E-state index contributed by atoms with van der Waals surface area (Å²) in [5.41, 5.74) is 1.09. The number of rotatable bonds is 6. The van der Waals surface area contributed by atoms with Gasteiger partial charge in [0.25, 0.3) is 0 Å². The van der Waals surface area contributed by atoms with E-state index >= 15 is 0 Å². The number of pyridine rings is 1. The SMILES string of the molecule is COc1cnccc1[C@H](C)NCCCC#N. The highest BCUT2D eigenvalue weighted by atomic mass is 16.5. The number of hydrogen-bond acceptors (Lipinski definition) is 4. The lowest BCUT2D eigenvalue weighted by Gasteiger charge is -2.16. The molecular weight excluding hydrogens is 202 g/mol. The first-order valence-corrected chi connectivity index (χ1v) is 5.37. The van der Waals surface area contributed by atoms with Gasteiger partial charge in [0.05, 0.1) is 19.4 Å². The summed E-state index contributed by atoms with van der Waals surface area (Å²) in [5, 5.41) is 11.8. The van der Waals surface area contributed by atoms with Crippen LogP contribution in [0.1, 0.15) is 31.4 Å². The largest absolute Gasteiger partial charge is 0.495 e.